The Kier molecular flexibility index (Phi) is 3.43. The van der Waals surface area contributed by atoms with Gasteiger partial charge in [0, 0.05) is 41.6 Å². The Morgan fingerprint density at radius 3 is 2.62 bits per heavy atom. The van der Waals surface area contributed by atoms with E-state index >= 15 is 0 Å². The number of carbonyl (C=O) groups excluding carboxylic acids is 1. The minimum Gasteiger partial charge on any atom is -0.378 e. The van der Waals surface area contributed by atoms with E-state index in [2.05, 4.69) is 5.32 Å². The van der Waals surface area contributed by atoms with E-state index in [1.807, 2.05) is 67.5 Å². The summed E-state index contributed by atoms with van der Waals surface area (Å²) < 4.78 is 0. The van der Waals surface area contributed by atoms with Gasteiger partial charge in [-0.1, -0.05) is 35.9 Å². The van der Waals surface area contributed by atoms with Crippen molar-refractivity contribution in [3.63, 3.8) is 0 Å². The summed E-state index contributed by atoms with van der Waals surface area (Å²) in [6.07, 6.45) is 1.84. The summed E-state index contributed by atoms with van der Waals surface area (Å²) in [5, 5.41) is 3.49. The lowest BCUT2D eigenvalue weighted by Gasteiger charge is -2.13. The number of anilines is 2. The third-order valence-corrected chi connectivity index (χ3v) is 3.84. The number of carbonyl (C=O) groups is 1. The molecule has 2 aromatic carbocycles. The molecule has 0 atom stereocenters. The van der Waals surface area contributed by atoms with E-state index in [0.717, 1.165) is 22.5 Å². The minimum atomic E-state index is -0.0936. The van der Waals surface area contributed by atoms with Gasteiger partial charge < -0.3 is 10.2 Å². The Balaban J connectivity index is 2.05. The molecule has 21 heavy (non-hydrogen) atoms. The predicted octanol–water partition coefficient (Wildman–Crippen LogP) is 3.90. The molecule has 4 heteroatoms. The van der Waals surface area contributed by atoms with Crippen molar-refractivity contribution in [3.8, 4) is 0 Å². The number of hydrogen-bond acceptors (Lipinski definition) is 2. The molecule has 3 rings (SSSR count). The molecule has 2 aromatic rings. The fourth-order valence-corrected chi connectivity index (χ4v) is 2.58. The molecule has 1 heterocycles. The second-order valence-corrected chi connectivity index (χ2v) is 5.57. The topological polar surface area (TPSA) is 32.3 Å². The van der Waals surface area contributed by atoms with Crippen LogP contribution in [0.4, 0.5) is 11.4 Å². The van der Waals surface area contributed by atoms with Crippen LogP contribution in [0.1, 0.15) is 11.1 Å². The number of halogens is 1. The number of hydrogen-bond donors (Lipinski definition) is 1. The highest BCUT2D eigenvalue weighted by atomic mass is 35.5. The summed E-state index contributed by atoms with van der Waals surface area (Å²) in [4.78, 5) is 14.1. The lowest BCUT2D eigenvalue weighted by atomic mass is 10.0. The maximum absolute atomic E-state index is 12.1. The maximum Gasteiger partial charge on any atom is 0.256 e. The normalized spacial score (nSPS) is 15.0. The molecule has 0 saturated carbocycles. The van der Waals surface area contributed by atoms with Crippen LogP contribution in [0.3, 0.4) is 0 Å². The largest absolute Gasteiger partial charge is 0.378 e. The molecule has 0 fully saturated rings. The second-order valence-electron chi connectivity index (χ2n) is 5.16. The van der Waals surface area contributed by atoms with Crippen LogP contribution in [0.15, 0.2) is 42.5 Å². The lowest BCUT2D eigenvalue weighted by Crippen LogP contribution is -2.08. The molecule has 0 aliphatic carbocycles. The van der Waals surface area contributed by atoms with Crippen molar-refractivity contribution in [2.24, 2.45) is 0 Å². The SMILES string of the molecule is CN(C)c1ccc(C=C2C(=O)Nc3ccccc32)c(Cl)c1. The van der Waals surface area contributed by atoms with Gasteiger partial charge in [-0.15, -0.1) is 0 Å². The smallest absolute Gasteiger partial charge is 0.256 e. The third-order valence-electron chi connectivity index (χ3n) is 3.51. The van der Waals surface area contributed by atoms with Gasteiger partial charge in [0.2, 0.25) is 0 Å². The fourth-order valence-electron chi connectivity index (χ4n) is 2.35. The van der Waals surface area contributed by atoms with Crippen LogP contribution in [-0.4, -0.2) is 20.0 Å². The monoisotopic (exact) mass is 298 g/mol. The predicted molar refractivity (Wildman–Crippen MR) is 88.7 cm³/mol. The zero-order chi connectivity index (χ0) is 15.0. The van der Waals surface area contributed by atoms with Crippen LogP contribution < -0.4 is 10.2 Å². The van der Waals surface area contributed by atoms with Crippen molar-refractivity contribution >= 4 is 40.5 Å². The summed E-state index contributed by atoms with van der Waals surface area (Å²) in [5.74, 6) is -0.0936. The molecule has 1 aliphatic heterocycles. The lowest BCUT2D eigenvalue weighted by molar-refractivity contribution is -0.110. The fraction of sp³-hybridized carbons (Fsp3) is 0.118. The molecule has 0 unspecified atom stereocenters. The van der Waals surface area contributed by atoms with Crippen LogP contribution in [0, 0.1) is 0 Å². The van der Waals surface area contributed by atoms with Gasteiger partial charge >= 0.3 is 0 Å². The Morgan fingerprint density at radius 2 is 1.90 bits per heavy atom. The van der Waals surface area contributed by atoms with Crippen molar-refractivity contribution in [1.82, 2.24) is 0 Å². The first-order valence-electron chi connectivity index (χ1n) is 6.65. The van der Waals surface area contributed by atoms with Crippen molar-refractivity contribution in [2.75, 3.05) is 24.3 Å². The number of rotatable bonds is 2. The van der Waals surface area contributed by atoms with Crippen LogP contribution in [0.25, 0.3) is 11.6 Å². The summed E-state index contributed by atoms with van der Waals surface area (Å²) in [7, 11) is 3.93. The van der Waals surface area contributed by atoms with Gasteiger partial charge in [-0.25, -0.2) is 0 Å². The molecule has 0 saturated heterocycles. The molecular formula is C17H15ClN2O. The van der Waals surface area contributed by atoms with Gasteiger partial charge in [-0.2, -0.15) is 0 Å². The third kappa shape index (κ3) is 2.52. The number of para-hydroxylation sites is 1. The van der Waals surface area contributed by atoms with E-state index in [1.54, 1.807) is 0 Å². The molecule has 0 radical (unpaired) electrons. The first-order valence-corrected chi connectivity index (χ1v) is 7.03. The highest BCUT2D eigenvalue weighted by Crippen LogP contribution is 2.34. The number of benzene rings is 2. The summed E-state index contributed by atoms with van der Waals surface area (Å²) >= 11 is 6.32. The Morgan fingerprint density at radius 1 is 1.14 bits per heavy atom. The van der Waals surface area contributed by atoms with Crippen LogP contribution in [-0.2, 0) is 4.79 Å². The zero-order valence-electron chi connectivity index (χ0n) is 11.9. The number of amides is 1. The van der Waals surface area contributed by atoms with Crippen LogP contribution in [0.2, 0.25) is 5.02 Å². The molecule has 0 aromatic heterocycles. The first kappa shape index (κ1) is 13.7. The Labute approximate surface area is 128 Å². The molecular weight excluding hydrogens is 284 g/mol. The van der Waals surface area contributed by atoms with Crippen molar-refractivity contribution in [2.45, 2.75) is 0 Å². The van der Waals surface area contributed by atoms with Gasteiger partial charge in [-0.3, -0.25) is 4.79 Å². The van der Waals surface area contributed by atoms with Gasteiger partial charge in [0.05, 0.1) is 0 Å². The molecule has 0 spiro atoms. The Bertz CT molecular complexity index is 750. The van der Waals surface area contributed by atoms with Crippen LogP contribution >= 0.6 is 11.6 Å². The van der Waals surface area contributed by atoms with E-state index in [4.69, 9.17) is 11.6 Å². The van der Waals surface area contributed by atoms with E-state index < -0.39 is 0 Å². The van der Waals surface area contributed by atoms with Crippen LogP contribution in [0.5, 0.6) is 0 Å². The van der Waals surface area contributed by atoms with Gasteiger partial charge in [0.15, 0.2) is 0 Å². The highest BCUT2D eigenvalue weighted by Gasteiger charge is 2.23. The molecule has 106 valence electrons. The standard InChI is InChI=1S/C17H15ClN2O/c1-20(2)12-8-7-11(15(18)10-12)9-14-13-5-3-4-6-16(13)19-17(14)21/h3-10H,1-2H3,(H,19,21). The number of fused-ring (bicyclic) bond motifs is 1. The minimum absolute atomic E-state index is 0.0936. The average molecular weight is 299 g/mol. The van der Waals surface area contributed by atoms with Gasteiger partial charge in [-0.05, 0) is 29.8 Å². The molecule has 0 bridgehead atoms. The number of nitrogens with one attached hydrogen (secondary N) is 1. The second kappa shape index (κ2) is 5.26. The van der Waals surface area contributed by atoms with Crippen molar-refractivity contribution in [3.05, 3.63) is 58.6 Å². The van der Waals surface area contributed by atoms with Gasteiger partial charge in [0.1, 0.15) is 0 Å². The Hall–Kier alpha value is -2.26. The van der Waals surface area contributed by atoms with E-state index in [9.17, 15) is 4.79 Å². The van der Waals surface area contributed by atoms with E-state index in [-0.39, 0.29) is 5.91 Å². The molecule has 3 nitrogen and oxygen atoms in total. The molecule has 1 amide bonds. The number of nitrogens with zero attached hydrogens (tertiary/aromatic N) is 1. The summed E-state index contributed by atoms with van der Waals surface area (Å²) in [5.41, 5.74) is 4.26. The first-order chi connectivity index (χ1) is 10.1. The summed E-state index contributed by atoms with van der Waals surface area (Å²) in [6, 6.07) is 13.5. The van der Waals surface area contributed by atoms with E-state index in [1.165, 1.54) is 0 Å². The van der Waals surface area contributed by atoms with Gasteiger partial charge in [0.25, 0.3) is 5.91 Å². The van der Waals surface area contributed by atoms with Crippen molar-refractivity contribution in [1.29, 1.82) is 0 Å². The van der Waals surface area contributed by atoms with Crippen molar-refractivity contribution < 1.29 is 4.79 Å². The molecule has 1 N–H and O–H groups in total. The molecule has 1 aliphatic rings. The summed E-state index contributed by atoms with van der Waals surface area (Å²) in [6.45, 7) is 0. The maximum atomic E-state index is 12.1. The average Bonchev–Trinajstić information content (AvgIpc) is 2.77. The zero-order valence-corrected chi connectivity index (χ0v) is 12.6. The van der Waals surface area contributed by atoms with E-state index in [0.29, 0.717) is 10.6 Å². The highest BCUT2D eigenvalue weighted by molar-refractivity contribution is 6.37. The quantitative estimate of drug-likeness (QED) is 0.853.